The highest BCUT2D eigenvalue weighted by Gasteiger charge is 2.65. The van der Waals surface area contributed by atoms with E-state index in [4.69, 9.17) is 5.11 Å². The van der Waals surface area contributed by atoms with Gasteiger partial charge in [0.1, 0.15) is 0 Å². The summed E-state index contributed by atoms with van der Waals surface area (Å²) in [5.74, 6) is -2.04. The quantitative estimate of drug-likeness (QED) is 0.897. The number of thiophene rings is 1. The lowest BCUT2D eigenvalue weighted by atomic mass is 10.1. The Morgan fingerprint density at radius 1 is 1.35 bits per heavy atom. The van der Waals surface area contributed by atoms with Crippen LogP contribution < -0.4 is 5.32 Å². The minimum atomic E-state index is -0.884. The van der Waals surface area contributed by atoms with Gasteiger partial charge in [-0.1, -0.05) is 13.8 Å². The first-order chi connectivity index (χ1) is 9.16. The largest absolute Gasteiger partial charge is 0.481 e. The van der Waals surface area contributed by atoms with Crippen LogP contribution in [0, 0.1) is 31.1 Å². The molecule has 0 bridgehead atoms. The summed E-state index contributed by atoms with van der Waals surface area (Å²) in [6.45, 7) is 9.69. The molecule has 1 aliphatic carbocycles. The van der Waals surface area contributed by atoms with Crippen LogP contribution >= 0.6 is 11.3 Å². The Balaban J connectivity index is 2.06. The van der Waals surface area contributed by atoms with Crippen LogP contribution in [0.2, 0.25) is 0 Å². The molecule has 1 aliphatic rings. The first kappa shape index (κ1) is 15.0. The second kappa shape index (κ2) is 4.88. The van der Waals surface area contributed by atoms with Gasteiger partial charge in [-0.2, -0.15) is 0 Å². The molecule has 0 saturated heterocycles. The molecule has 3 atom stereocenters. The molecule has 110 valence electrons. The first-order valence-corrected chi connectivity index (χ1v) is 7.58. The van der Waals surface area contributed by atoms with Gasteiger partial charge in [-0.15, -0.1) is 11.3 Å². The van der Waals surface area contributed by atoms with Crippen molar-refractivity contribution in [1.29, 1.82) is 0 Å². The summed E-state index contributed by atoms with van der Waals surface area (Å²) < 4.78 is 0. The SMILES string of the molecule is Cc1cc(C(C)NC(=O)[C@@H]2[C@H](C(=O)O)C2(C)C)c(C)s1. The highest BCUT2D eigenvalue weighted by Crippen LogP contribution is 2.58. The van der Waals surface area contributed by atoms with Crippen LogP contribution in [0.15, 0.2) is 6.07 Å². The molecule has 1 unspecified atom stereocenters. The van der Waals surface area contributed by atoms with Crippen LogP contribution in [0.4, 0.5) is 0 Å². The minimum absolute atomic E-state index is 0.0849. The molecule has 5 heteroatoms. The molecule has 1 aromatic rings. The number of rotatable bonds is 4. The zero-order valence-electron chi connectivity index (χ0n) is 12.5. The van der Waals surface area contributed by atoms with E-state index in [1.54, 1.807) is 11.3 Å². The van der Waals surface area contributed by atoms with Crippen LogP contribution in [0.3, 0.4) is 0 Å². The van der Waals surface area contributed by atoms with Gasteiger partial charge in [0.2, 0.25) is 5.91 Å². The Labute approximate surface area is 123 Å². The molecule has 2 rings (SSSR count). The van der Waals surface area contributed by atoms with Gasteiger partial charge in [-0.3, -0.25) is 9.59 Å². The zero-order chi connectivity index (χ0) is 15.2. The summed E-state index contributed by atoms with van der Waals surface area (Å²) in [4.78, 5) is 25.8. The van der Waals surface area contributed by atoms with Gasteiger partial charge >= 0.3 is 5.97 Å². The number of carboxylic acids is 1. The number of nitrogens with one attached hydrogen (secondary N) is 1. The number of carbonyl (C=O) groups excluding carboxylic acids is 1. The summed E-state index contributed by atoms with van der Waals surface area (Å²) in [5, 5.41) is 12.1. The van der Waals surface area contributed by atoms with Crippen molar-refractivity contribution in [2.24, 2.45) is 17.3 Å². The summed E-state index contributed by atoms with van der Waals surface area (Å²) in [7, 11) is 0. The predicted molar refractivity (Wildman–Crippen MR) is 78.7 cm³/mol. The lowest BCUT2D eigenvalue weighted by molar-refractivity contribution is -0.140. The molecule has 4 nitrogen and oxygen atoms in total. The van der Waals surface area contributed by atoms with Gasteiger partial charge in [0.05, 0.1) is 17.9 Å². The molecule has 20 heavy (non-hydrogen) atoms. The van der Waals surface area contributed by atoms with E-state index in [0.29, 0.717) is 0 Å². The van der Waals surface area contributed by atoms with Crippen molar-refractivity contribution in [1.82, 2.24) is 5.32 Å². The Bertz CT molecular complexity index is 561. The molecule has 0 aliphatic heterocycles. The Kier molecular flexibility index (Phi) is 3.67. The molecule has 0 aromatic carbocycles. The molecule has 0 radical (unpaired) electrons. The molecule has 1 heterocycles. The molecular weight excluding hydrogens is 274 g/mol. The van der Waals surface area contributed by atoms with E-state index in [-0.39, 0.29) is 11.9 Å². The minimum Gasteiger partial charge on any atom is -0.481 e. The third kappa shape index (κ3) is 2.46. The first-order valence-electron chi connectivity index (χ1n) is 6.76. The van der Waals surface area contributed by atoms with E-state index in [1.807, 2.05) is 34.6 Å². The average Bonchev–Trinajstić information content (AvgIpc) is 2.72. The molecule has 0 spiro atoms. The van der Waals surface area contributed by atoms with Crippen LogP contribution in [-0.2, 0) is 9.59 Å². The van der Waals surface area contributed by atoms with Crippen LogP contribution in [0.25, 0.3) is 0 Å². The highest BCUT2D eigenvalue weighted by atomic mass is 32.1. The van der Waals surface area contributed by atoms with E-state index in [1.165, 1.54) is 9.75 Å². The topological polar surface area (TPSA) is 66.4 Å². The maximum absolute atomic E-state index is 12.3. The Morgan fingerprint density at radius 3 is 2.35 bits per heavy atom. The maximum atomic E-state index is 12.3. The van der Waals surface area contributed by atoms with Crippen molar-refractivity contribution in [3.63, 3.8) is 0 Å². The van der Waals surface area contributed by atoms with Gasteiger partial charge in [-0.25, -0.2) is 0 Å². The standard InChI is InChI=1S/C15H21NO3S/c1-7-6-10(9(3)20-7)8(2)16-13(17)11-12(14(18)19)15(11,4)5/h6,8,11-12H,1-5H3,(H,16,17)(H,18,19)/t8?,11-,12+/m0/s1. The van der Waals surface area contributed by atoms with Crippen LogP contribution in [0.1, 0.15) is 42.1 Å². The van der Waals surface area contributed by atoms with E-state index in [2.05, 4.69) is 11.4 Å². The number of aliphatic carboxylic acids is 1. The number of carbonyl (C=O) groups is 2. The normalized spacial score (nSPS) is 25.1. The summed E-state index contributed by atoms with van der Waals surface area (Å²) in [6, 6.07) is 2.00. The van der Waals surface area contributed by atoms with Gasteiger partial charge in [0.15, 0.2) is 0 Å². The number of hydrogen-bond acceptors (Lipinski definition) is 3. The van der Waals surface area contributed by atoms with Crippen molar-refractivity contribution < 1.29 is 14.7 Å². The highest BCUT2D eigenvalue weighted by molar-refractivity contribution is 7.12. The smallest absolute Gasteiger partial charge is 0.307 e. The summed E-state index contributed by atoms with van der Waals surface area (Å²) in [6.07, 6.45) is 0. The predicted octanol–water partition coefficient (Wildman–Crippen LogP) is 2.90. The molecule has 2 N–H and O–H groups in total. The number of hydrogen-bond donors (Lipinski definition) is 2. The summed E-state index contributed by atoms with van der Waals surface area (Å²) in [5.41, 5.74) is 0.668. The number of carboxylic acid groups (broad SMARTS) is 1. The van der Waals surface area contributed by atoms with E-state index in [0.717, 1.165) is 5.56 Å². The lowest BCUT2D eigenvalue weighted by Crippen LogP contribution is -2.30. The third-order valence-corrected chi connectivity index (χ3v) is 5.26. The average molecular weight is 295 g/mol. The monoisotopic (exact) mass is 295 g/mol. The molecule has 1 fully saturated rings. The van der Waals surface area contributed by atoms with Gasteiger partial charge < -0.3 is 10.4 Å². The number of aryl methyl sites for hydroxylation is 2. The van der Waals surface area contributed by atoms with Crippen molar-refractivity contribution in [3.8, 4) is 0 Å². The van der Waals surface area contributed by atoms with Gasteiger partial charge in [0.25, 0.3) is 0 Å². The lowest BCUT2D eigenvalue weighted by Gasteiger charge is -2.14. The molecular formula is C15H21NO3S. The van der Waals surface area contributed by atoms with Crippen molar-refractivity contribution in [2.45, 2.75) is 40.7 Å². The van der Waals surface area contributed by atoms with E-state index < -0.39 is 23.2 Å². The van der Waals surface area contributed by atoms with Crippen molar-refractivity contribution >= 4 is 23.2 Å². The van der Waals surface area contributed by atoms with Crippen molar-refractivity contribution in [2.75, 3.05) is 0 Å². The number of amides is 1. The van der Waals surface area contributed by atoms with Gasteiger partial charge in [0, 0.05) is 9.75 Å². The van der Waals surface area contributed by atoms with Crippen LogP contribution in [-0.4, -0.2) is 17.0 Å². The van der Waals surface area contributed by atoms with Gasteiger partial charge in [-0.05, 0) is 37.8 Å². The maximum Gasteiger partial charge on any atom is 0.307 e. The fourth-order valence-electron chi connectivity index (χ4n) is 3.05. The molecule has 1 amide bonds. The molecule has 1 aromatic heterocycles. The van der Waals surface area contributed by atoms with Crippen LogP contribution in [0.5, 0.6) is 0 Å². The fourth-order valence-corrected chi connectivity index (χ4v) is 4.07. The fraction of sp³-hybridized carbons (Fsp3) is 0.600. The van der Waals surface area contributed by atoms with E-state index in [9.17, 15) is 9.59 Å². The zero-order valence-corrected chi connectivity index (χ0v) is 13.3. The van der Waals surface area contributed by atoms with E-state index >= 15 is 0 Å². The second-order valence-electron chi connectivity index (χ2n) is 6.21. The second-order valence-corrected chi connectivity index (χ2v) is 7.67. The Morgan fingerprint density at radius 2 is 1.95 bits per heavy atom. The molecule has 1 saturated carbocycles. The third-order valence-electron chi connectivity index (χ3n) is 4.28. The summed E-state index contributed by atoms with van der Waals surface area (Å²) >= 11 is 1.71. The Hall–Kier alpha value is -1.36. The van der Waals surface area contributed by atoms with Crippen molar-refractivity contribution in [3.05, 3.63) is 21.4 Å².